The Labute approximate surface area is 208 Å². The van der Waals surface area contributed by atoms with Gasteiger partial charge in [-0.05, 0) is 41.1 Å². The van der Waals surface area contributed by atoms with Crippen LogP contribution < -0.4 is 4.74 Å². The fraction of sp³-hybridized carbons (Fsp3) is 0.194. The van der Waals surface area contributed by atoms with Crippen LogP contribution in [-0.4, -0.2) is 43.0 Å². The summed E-state index contributed by atoms with van der Waals surface area (Å²) in [5.74, 6) is -0.551. The van der Waals surface area contributed by atoms with Gasteiger partial charge in [0.25, 0.3) is 0 Å². The van der Waals surface area contributed by atoms with Crippen LogP contribution in [0.5, 0.6) is 5.75 Å². The van der Waals surface area contributed by atoms with Crippen LogP contribution in [0.4, 0.5) is 0 Å². The van der Waals surface area contributed by atoms with Crippen LogP contribution in [-0.2, 0) is 5.54 Å². The van der Waals surface area contributed by atoms with Gasteiger partial charge >= 0.3 is 0 Å². The number of methoxy groups -OCH3 is 1. The third-order valence-corrected chi connectivity index (χ3v) is 8.64. The number of Topliss-reactive ketones (excluding diaryl/α,β-unsaturated/α-hetero) is 3. The molecule has 1 saturated heterocycles. The summed E-state index contributed by atoms with van der Waals surface area (Å²) < 4.78 is 5.36. The van der Waals surface area contributed by atoms with Crippen molar-refractivity contribution in [2.45, 2.75) is 11.5 Å². The second kappa shape index (κ2) is 6.99. The first kappa shape index (κ1) is 21.2. The maximum absolute atomic E-state index is 14.6. The van der Waals surface area contributed by atoms with Crippen LogP contribution in [0.3, 0.4) is 0 Å². The average molecular weight is 474 g/mol. The predicted molar refractivity (Wildman–Crippen MR) is 136 cm³/mol. The highest BCUT2D eigenvalue weighted by Gasteiger charge is 2.78. The van der Waals surface area contributed by atoms with Crippen LogP contribution in [0.15, 0.2) is 84.9 Å². The van der Waals surface area contributed by atoms with Gasteiger partial charge in [0.15, 0.2) is 17.3 Å². The molecule has 2 aliphatic carbocycles. The van der Waals surface area contributed by atoms with E-state index in [1.807, 2.05) is 72.6 Å². The number of hydrogen-bond acceptors (Lipinski definition) is 5. The van der Waals surface area contributed by atoms with Gasteiger partial charge in [0.05, 0.1) is 7.11 Å². The third kappa shape index (κ3) is 2.15. The lowest BCUT2D eigenvalue weighted by atomic mass is 9.57. The van der Waals surface area contributed by atoms with Gasteiger partial charge in [0.1, 0.15) is 16.7 Å². The van der Waals surface area contributed by atoms with Gasteiger partial charge in [0, 0.05) is 29.2 Å². The lowest BCUT2D eigenvalue weighted by Crippen LogP contribution is -2.59. The summed E-state index contributed by atoms with van der Waals surface area (Å²) in [5.41, 5.74) is -0.114. The van der Waals surface area contributed by atoms with Gasteiger partial charge in [-0.3, -0.25) is 19.3 Å². The Kier molecular flexibility index (Phi) is 4.12. The van der Waals surface area contributed by atoms with Crippen LogP contribution in [0, 0.1) is 5.41 Å². The minimum atomic E-state index is -1.62. The smallest absolute Gasteiger partial charge is 0.189 e. The summed E-state index contributed by atoms with van der Waals surface area (Å²) >= 11 is 0. The van der Waals surface area contributed by atoms with Crippen molar-refractivity contribution in [3.05, 3.63) is 113 Å². The zero-order chi connectivity index (χ0) is 24.8. The topological polar surface area (TPSA) is 63.7 Å². The molecular formula is C31H23NO4. The average Bonchev–Trinajstić information content (AvgIpc) is 3.44. The molecule has 176 valence electrons. The Morgan fingerprint density at radius 3 is 2.00 bits per heavy atom. The number of rotatable bonds is 2. The number of ketones is 3. The van der Waals surface area contributed by atoms with Crippen molar-refractivity contribution in [2.24, 2.45) is 5.41 Å². The van der Waals surface area contributed by atoms with Crippen LogP contribution >= 0.6 is 0 Å². The van der Waals surface area contributed by atoms with Crippen molar-refractivity contribution in [2.75, 3.05) is 20.7 Å². The Bertz CT molecular complexity index is 1600. The summed E-state index contributed by atoms with van der Waals surface area (Å²) in [7, 11) is 3.47. The SMILES string of the molecule is COc1ccc([C@@H]2CN(C)[C@@]3(C(=O)c4cccc5cccc3c45)C23C(=O)c2ccccc2C3=O)cc1. The first-order valence-corrected chi connectivity index (χ1v) is 12.1. The molecule has 4 aromatic carbocycles. The number of benzene rings is 4. The lowest BCUT2D eigenvalue weighted by Gasteiger charge is -2.43. The van der Waals surface area contributed by atoms with E-state index in [1.54, 1.807) is 31.4 Å². The fourth-order valence-corrected chi connectivity index (χ4v) is 7.26. The molecule has 1 aliphatic heterocycles. The van der Waals surface area contributed by atoms with Gasteiger partial charge in [-0.25, -0.2) is 0 Å². The number of likely N-dealkylation sites (tertiary alicyclic amines) is 1. The number of carbonyl (C=O) groups is 3. The minimum Gasteiger partial charge on any atom is -0.497 e. The van der Waals surface area contributed by atoms with Gasteiger partial charge in [-0.15, -0.1) is 0 Å². The molecule has 0 unspecified atom stereocenters. The van der Waals surface area contributed by atoms with Crippen molar-refractivity contribution >= 4 is 28.1 Å². The highest BCUT2D eigenvalue weighted by atomic mass is 16.5. The normalized spacial score (nSPS) is 23.8. The molecule has 5 heteroatoms. The van der Waals surface area contributed by atoms with E-state index >= 15 is 0 Å². The molecular weight excluding hydrogens is 450 g/mol. The highest BCUT2D eigenvalue weighted by molar-refractivity contribution is 6.36. The zero-order valence-corrected chi connectivity index (χ0v) is 19.9. The summed E-state index contributed by atoms with van der Waals surface area (Å²) in [5, 5.41) is 1.77. The van der Waals surface area contributed by atoms with Crippen molar-refractivity contribution < 1.29 is 19.1 Å². The van der Waals surface area contributed by atoms with Gasteiger partial charge < -0.3 is 4.74 Å². The molecule has 0 radical (unpaired) electrons. The van der Waals surface area contributed by atoms with E-state index < -0.39 is 16.9 Å². The lowest BCUT2D eigenvalue weighted by molar-refractivity contribution is 0.0320. The third-order valence-electron chi connectivity index (χ3n) is 8.64. The van der Waals surface area contributed by atoms with Crippen molar-refractivity contribution in [3.8, 4) is 5.75 Å². The number of nitrogens with zero attached hydrogens (tertiary/aromatic N) is 1. The molecule has 7 rings (SSSR count). The second-order valence-electron chi connectivity index (χ2n) is 9.97. The van der Waals surface area contributed by atoms with Crippen molar-refractivity contribution in [1.82, 2.24) is 4.90 Å². The van der Waals surface area contributed by atoms with Crippen molar-refractivity contribution in [3.63, 3.8) is 0 Å². The van der Waals surface area contributed by atoms with Gasteiger partial charge in [0.2, 0.25) is 0 Å². The molecule has 4 aromatic rings. The molecule has 36 heavy (non-hydrogen) atoms. The second-order valence-corrected chi connectivity index (χ2v) is 9.97. The molecule has 5 nitrogen and oxygen atoms in total. The van der Waals surface area contributed by atoms with E-state index in [-0.39, 0.29) is 17.3 Å². The first-order chi connectivity index (χ1) is 17.5. The predicted octanol–water partition coefficient (Wildman–Crippen LogP) is 5.03. The molecule has 0 bridgehead atoms. The monoisotopic (exact) mass is 473 g/mol. The molecule has 0 N–H and O–H groups in total. The molecule has 1 fully saturated rings. The summed E-state index contributed by atoms with van der Waals surface area (Å²) in [6, 6.07) is 26.0. The molecule has 2 spiro atoms. The van der Waals surface area contributed by atoms with Crippen LogP contribution in [0.1, 0.15) is 48.1 Å². The molecule has 0 amide bonds. The summed E-state index contributed by atoms with van der Waals surface area (Å²) in [6.45, 7) is 0.383. The number of likely N-dealkylation sites (N-methyl/N-ethyl adjacent to an activating group) is 1. The van der Waals surface area contributed by atoms with E-state index in [0.717, 1.165) is 21.9 Å². The standard InChI is InChI=1S/C31H23NO4/c1-32-17-25(18-13-15-20(36-2)16-14-18)30(27(33)21-9-3-4-10-22(21)28(30)34)31(32)24-12-6-8-19-7-5-11-23(26(19)24)29(31)35/h3-16,25H,17H2,1-2H3/t25-,31-/m0/s1. The molecule has 3 aliphatic rings. The summed E-state index contributed by atoms with van der Waals surface area (Å²) in [6.07, 6.45) is 0. The van der Waals surface area contributed by atoms with E-state index in [1.165, 1.54) is 0 Å². The Balaban J connectivity index is 1.60. The van der Waals surface area contributed by atoms with Gasteiger partial charge in [-0.1, -0.05) is 72.8 Å². The molecule has 1 heterocycles. The fourth-order valence-electron chi connectivity index (χ4n) is 7.26. The van der Waals surface area contributed by atoms with E-state index in [9.17, 15) is 14.4 Å². The zero-order valence-electron chi connectivity index (χ0n) is 19.9. The number of hydrogen-bond donors (Lipinski definition) is 0. The number of carbonyl (C=O) groups excluding carboxylic acids is 3. The highest BCUT2D eigenvalue weighted by Crippen LogP contribution is 2.67. The number of ether oxygens (including phenoxy) is 1. The van der Waals surface area contributed by atoms with Gasteiger partial charge in [-0.2, -0.15) is 0 Å². The van der Waals surface area contributed by atoms with E-state index in [4.69, 9.17) is 4.74 Å². The molecule has 0 aromatic heterocycles. The molecule has 0 saturated carbocycles. The van der Waals surface area contributed by atoms with Crippen LogP contribution in [0.25, 0.3) is 10.8 Å². The first-order valence-electron chi connectivity index (χ1n) is 12.1. The number of fused-ring (bicyclic) bond motifs is 3. The molecule has 2 atom stereocenters. The quantitative estimate of drug-likeness (QED) is 0.382. The van der Waals surface area contributed by atoms with E-state index in [0.29, 0.717) is 29.0 Å². The maximum atomic E-state index is 14.6. The Hall–Kier alpha value is -4.09. The largest absolute Gasteiger partial charge is 0.497 e. The Morgan fingerprint density at radius 1 is 0.750 bits per heavy atom. The summed E-state index contributed by atoms with van der Waals surface area (Å²) in [4.78, 5) is 45.9. The van der Waals surface area contributed by atoms with Crippen LogP contribution in [0.2, 0.25) is 0 Å². The van der Waals surface area contributed by atoms with Crippen molar-refractivity contribution in [1.29, 1.82) is 0 Å². The maximum Gasteiger partial charge on any atom is 0.189 e. The minimum absolute atomic E-state index is 0.178. The van der Waals surface area contributed by atoms with E-state index in [2.05, 4.69) is 0 Å². The Morgan fingerprint density at radius 2 is 1.36 bits per heavy atom.